The fraction of sp³-hybridized carbons (Fsp3) is 0.400. The third kappa shape index (κ3) is 1.99. The number of aliphatic hydroxyl groups excluding tert-OH is 1. The topological polar surface area (TPSA) is 66.5 Å². The van der Waals surface area contributed by atoms with Crippen molar-refractivity contribution in [2.45, 2.75) is 26.0 Å². The highest BCUT2D eigenvalue weighted by Gasteiger charge is 2.11. The molecule has 0 aromatic heterocycles. The summed E-state index contributed by atoms with van der Waals surface area (Å²) in [4.78, 5) is 0. The zero-order chi connectivity index (χ0) is 9.84. The van der Waals surface area contributed by atoms with E-state index in [0.717, 1.165) is 6.42 Å². The summed E-state index contributed by atoms with van der Waals surface area (Å²) < 4.78 is 0. The monoisotopic (exact) mass is 181 g/mol. The van der Waals surface area contributed by atoms with Gasteiger partial charge in [-0.15, -0.1) is 0 Å². The Morgan fingerprint density at radius 2 is 2.15 bits per heavy atom. The van der Waals surface area contributed by atoms with Gasteiger partial charge in [0.2, 0.25) is 0 Å². The molecule has 1 atom stereocenters. The van der Waals surface area contributed by atoms with Crippen LogP contribution >= 0.6 is 0 Å². The van der Waals surface area contributed by atoms with Gasteiger partial charge in [0.25, 0.3) is 0 Å². The molecule has 13 heavy (non-hydrogen) atoms. The van der Waals surface area contributed by atoms with E-state index in [1.165, 1.54) is 0 Å². The Labute approximate surface area is 77.8 Å². The molecule has 4 N–H and O–H groups in total. The van der Waals surface area contributed by atoms with Gasteiger partial charge >= 0.3 is 0 Å². The first-order valence-electron chi connectivity index (χ1n) is 4.37. The van der Waals surface area contributed by atoms with E-state index in [2.05, 4.69) is 0 Å². The van der Waals surface area contributed by atoms with E-state index in [1.807, 2.05) is 6.92 Å². The predicted molar refractivity (Wildman–Crippen MR) is 51.2 cm³/mol. The maximum atomic E-state index is 9.65. The largest absolute Gasteiger partial charge is 0.507 e. The molecule has 3 nitrogen and oxygen atoms in total. The number of rotatable bonds is 3. The van der Waals surface area contributed by atoms with Crippen LogP contribution in [0.5, 0.6) is 5.75 Å². The second kappa shape index (κ2) is 4.25. The van der Waals surface area contributed by atoms with Crippen LogP contribution in [0.1, 0.15) is 30.5 Å². The number of hydrogen-bond acceptors (Lipinski definition) is 3. The average molecular weight is 181 g/mol. The van der Waals surface area contributed by atoms with Crippen LogP contribution in [0, 0.1) is 0 Å². The maximum Gasteiger partial charge on any atom is 0.125 e. The van der Waals surface area contributed by atoms with Crippen molar-refractivity contribution in [3.05, 3.63) is 29.3 Å². The molecule has 0 amide bonds. The molecule has 0 saturated carbocycles. The first-order chi connectivity index (χ1) is 6.20. The normalized spacial score (nSPS) is 12.8. The highest BCUT2D eigenvalue weighted by molar-refractivity contribution is 5.41. The minimum absolute atomic E-state index is 0.124. The Morgan fingerprint density at radius 1 is 1.46 bits per heavy atom. The lowest BCUT2D eigenvalue weighted by atomic mass is 10.0. The van der Waals surface area contributed by atoms with Gasteiger partial charge in [0.15, 0.2) is 0 Å². The first kappa shape index (κ1) is 10.0. The first-order valence-corrected chi connectivity index (χ1v) is 4.37. The van der Waals surface area contributed by atoms with E-state index in [4.69, 9.17) is 10.8 Å². The van der Waals surface area contributed by atoms with Crippen LogP contribution in [0.4, 0.5) is 0 Å². The average Bonchev–Trinajstić information content (AvgIpc) is 2.17. The van der Waals surface area contributed by atoms with Crippen LogP contribution in [0.15, 0.2) is 18.2 Å². The number of para-hydroxylation sites is 1. The van der Waals surface area contributed by atoms with Crippen molar-refractivity contribution in [3.8, 4) is 5.75 Å². The SMILES string of the molecule is CC[C@@H](N)c1cccc(CO)c1O. The summed E-state index contributed by atoms with van der Waals surface area (Å²) in [6.45, 7) is 1.80. The van der Waals surface area contributed by atoms with Crippen molar-refractivity contribution < 1.29 is 10.2 Å². The standard InChI is InChI=1S/C10H15NO2/c1-2-9(11)8-5-3-4-7(6-12)10(8)13/h3-5,9,12-13H,2,6,11H2,1H3/t9-/m1/s1. The van der Waals surface area contributed by atoms with E-state index < -0.39 is 0 Å². The molecule has 0 aliphatic heterocycles. The summed E-state index contributed by atoms with van der Waals surface area (Å²) >= 11 is 0. The van der Waals surface area contributed by atoms with E-state index >= 15 is 0 Å². The summed E-state index contributed by atoms with van der Waals surface area (Å²) in [6.07, 6.45) is 0.766. The third-order valence-electron chi connectivity index (χ3n) is 2.16. The fourth-order valence-electron chi connectivity index (χ4n) is 1.26. The molecule has 1 aromatic carbocycles. The molecular weight excluding hydrogens is 166 g/mol. The van der Waals surface area contributed by atoms with Crippen molar-refractivity contribution in [2.75, 3.05) is 0 Å². The zero-order valence-corrected chi connectivity index (χ0v) is 7.70. The molecule has 0 spiro atoms. The Kier molecular flexibility index (Phi) is 3.28. The molecule has 1 aromatic rings. The molecule has 1 rings (SSSR count). The van der Waals surface area contributed by atoms with Gasteiger partial charge < -0.3 is 15.9 Å². The highest BCUT2D eigenvalue weighted by atomic mass is 16.3. The van der Waals surface area contributed by atoms with Gasteiger partial charge in [-0.2, -0.15) is 0 Å². The summed E-state index contributed by atoms with van der Waals surface area (Å²) in [5, 5.41) is 18.5. The van der Waals surface area contributed by atoms with Crippen LogP contribution in [0.3, 0.4) is 0 Å². The van der Waals surface area contributed by atoms with Gasteiger partial charge in [0, 0.05) is 17.2 Å². The van der Waals surface area contributed by atoms with E-state index in [-0.39, 0.29) is 18.4 Å². The van der Waals surface area contributed by atoms with E-state index in [1.54, 1.807) is 18.2 Å². The summed E-state index contributed by atoms with van der Waals surface area (Å²) in [5.74, 6) is 0.124. The second-order valence-corrected chi connectivity index (χ2v) is 3.03. The van der Waals surface area contributed by atoms with Crippen LogP contribution in [-0.4, -0.2) is 10.2 Å². The van der Waals surface area contributed by atoms with Crippen molar-refractivity contribution in [2.24, 2.45) is 5.73 Å². The Bertz CT molecular complexity index is 286. The van der Waals surface area contributed by atoms with Gasteiger partial charge in [0.1, 0.15) is 5.75 Å². The molecule has 0 fully saturated rings. The molecule has 0 aliphatic carbocycles. The molecule has 72 valence electrons. The lowest BCUT2D eigenvalue weighted by Gasteiger charge is -2.13. The number of nitrogens with two attached hydrogens (primary N) is 1. The van der Waals surface area contributed by atoms with Crippen molar-refractivity contribution in [1.29, 1.82) is 0 Å². The minimum Gasteiger partial charge on any atom is -0.507 e. The summed E-state index contributed by atoms with van der Waals surface area (Å²) in [6, 6.07) is 5.09. The lowest BCUT2D eigenvalue weighted by Crippen LogP contribution is -2.09. The van der Waals surface area contributed by atoms with Gasteiger partial charge in [-0.3, -0.25) is 0 Å². The number of aromatic hydroxyl groups is 1. The Balaban J connectivity index is 3.08. The Hall–Kier alpha value is -1.06. The Morgan fingerprint density at radius 3 is 2.69 bits per heavy atom. The maximum absolute atomic E-state index is 9.65. The van der Waals surface area contributed by atoms with E-state index in [9.17, 15) is 5.11 Å². The number of benzene rings is 1. The fourth-order valence-corrected chi connectivity index (χ4v) is 1.26. The zero-order valence-electron chi connectivity index (χ0n) is 7.70. The predicted octanol–water partition coefficient (Wildman–Crippen LogP) is 1.29. The second-order valence-electron chi connectivity index (χ2n) is 3.03. The van der Waals surface area contributed by atoms with Crippen LogP contribution in [-0.2, 0) is 6.61 Å². The van der Waals surface area contributed by atoms with E-state index in [0.29, 0.717) is 11.1 Å². The molecule has 3 heteroatoms. The van der Waals surface area contributed by atoms with Crippen LogP contribution in [0.2, 0.25) is 0 Å². The molecular formula is C10H15NO2. The molecule has 0 unspecified atom stereocenters. The lowest BCUT2D eigenvalue weighted by molar-refractivity contribution is 0.275. The summed E-state index contributed by atoms with van der Waals surface area (Å²) in [5.41, 5.74) is 7.01. The van der Waals surface area contributed by atoms with Crippen molar-refractivity contribution in [1.82, 2.24) is 0 Å². The number of aliphatic hydroxyl groups is 1. The quantitative estimate of drug-likeness (QED) is 0.658. The number of phenols is 1. The van der Waals surface area contributed by atoms with Crippen LogP contribution in [0.25, 0.3) is 0 Å². The van der Waals surface area contributed by atoms with Crippen LogP contribution < -0.4 is 5.73 Å². The number of hydrogen-bond donors (Lipinski definition) is 3. The van der Waals surface area contributed by atoms with Gasteiger partial charge in [-0.25, -0.2) is 0 Å². The molecule has 0 aliphatic rings. The molecule has 0 saturated heterocycles. The molecule has 0 heterocycles. The van der Waals surface area contributed by atoms with Gasteiger partial charge in [-0.05, 0) is 6.42 Å². The third-order valence-corrected chi connectivity index (χ3v) is 2.16. The minimum atomic E-state index is -0.161. The molecule has 0 bridgehead atoms. The summed E-state index contributed by atoms with van der Waals surface area (Å²) in [7, 11) is 0. The van der Waals surface area contributed by atoms with Crippen molar-refractivity contribution >= 4 is 0 Å². The highest BCUT2D eigenvalue weighted by Crippen LogP contribution is 2.27. The van der Waals surface area contributed by atoms with Gasteiger partial charge in [-0.1, -0.05) is 25.1 Å². The van der Waals surface area contributed by atoms with Crippen molar-refractivity contribution in [3.63, 3.8) is 0 Å². The van der Waals surface area contributed by atoms with Gasteiger partial charge in [0.05, 0.1) is 6.61 Å². The smallest absolute Gasteiger partial charge is 0.125 e. The molecule has 0 radical (unpaired) electrons.